The first-order chi connectivity index (χ1) is 9.76. The number of aryl methyl sites for hydroxylation is 1. The number of nitrogens with one attached hydrogen (secondary N) is 1. The van der Waals surface area contributed by atoms with Crippen molar-refractivity contribution in [2.75, 3.05) is 6.54 Å². The summed E-state index contributed by atoms with van der Waals surface area (Å²) in [7, 11) is 0. The van der Waals surface area contributed by atoms with Gasteiger partial charge in [-0.1, -0.05) is 43.3 Å². The Morgan fingerprint density at radius 3 is 2.45 bits per heavy atom. The molecule has 20 heavy (non-hydrogen) atoms. The molecule has 2 heteroatoms. The number of likely N-dealkylation sites (N-methyl/N-ethyl adjacent to an activating group) is 1. The zero-order valence-electron chi connectivity index (χ0n) is 12.3. The van der Waals surface area contributed by atoms with Gasteiger partial charge in [-0.2, -0.15) is 0 Å². The largest absolute Gasteiger partial charge is 0.309 e. The lowest BCUT2D eigenvalue weighted by atomic mass is 9.84. The van der Waals surface area contributed by atoms with Crippen molar-refractivity contribution in [1.82, 2.24) is 10.3 Å². The van der Waals surface area contributed by atoms with Gasteiger partial charge in [-0.25, -0.2) is 0 Å². The van der Waals surface area contributed by atoms with E-state index in [0.717, 1.165) is 12.2 Å². The number of pyridine rings is 1. The number of hydrogen-bond donors (Lipinski definition) is 1. The molecule has 1 unspecified atom stereocenters. The van der Waals surface area contributed by atoms with Crippen molar-refractivity contribution in [2.24, 2.45) is 0 Å². The summed E-state index contributed by atoms with van der Waals surface area (Å²) in [4.78, 5) is 4.48. The zero-order chi connectivity index (χ0) is 14.0. The third-order valence-corrected chi connectivity index (χ3v) is 4.37. The van der Waals surface area contributed by atoms with Crippen LogP contribution in [0.4, 0.5) is 0 Å². The Labute approximate surface area is 121 Å². The summed E-state index contributed by atoms with van der Waals surface area (Å²) < 4.78 is 0. The van der Waals surface area contributed by atoms with Crippen LogP contribution >= 0.6 is 0 Å². The molecule has 1 fully saturated rings. The first-order valence-electron chi connectivity index (χ1n) is 7.48. The average Bonchev–Trinajstić information content (AvgIpc) is 3.28. The monoisotopic (exact) mass is 266 g/mol. The Morgan fingerprint density at radius 2 is 1.90 bits per heavy atom. The van der Waals surface area contributed by atoms with Gasteiger partial charge in [0.1, 0.15) is 0 Å². The molecule has 1 saturated carbocycles. The van der Waals surface area contributed by atoms with E-state index in [1.54, 1.807) is 0 Å². The van der Waals surface area contributed by atoms with Crippen LogP contribution in [0.3, 0.4) is 0 Å². The molecule has 0 bridgehead atoms. The number of nitrogens with zero attached hydrogens (tertiary/aromatic N) is 1. The van der Waals surface area contributed by atoms with Gasteiger partial charge in [-0.05, 0) is 43.5 Å². The minimum atomic E-state index is 0.258. The minimum absolute atomic E-state index is 0.258. The van der Waals surface area contributed by atoms with Crippen LogP contribution in [-0.4, -0.2) is 11.5 Å². The second kappa shape index (κ2) is 5.37. The van der Waals surface area contributed by atoms with Gasteiger partial charge in [0, 0.05) is 23.3 Å². The molecule has 1 atom stereocenters. The maximum Gasteiger partial charge on any atom is 0.0433 e. The van der Waals surface area contributed by atoms with Crippen molar-refractivity contribution >= 4 is 0 Å². The average molecular weight is 266 g/mol. The maximum absolute atomic E-state index is 4.48. The minimum Gasteiger partial charge on any atom is -0.309 e. The predicted molar refractivity (Wildman–Crippen MR) is 82.7 cm³/mol. The van der Waals surface area contributed by atoms with Crippen molar-refractivity contribution in [2.45, 2.75) is 38.1 Å². The van der Waals surface area contributed by atoms with Crippen LogP contribution in [0.15, 0.2) is 48.7 Å². The topological polar surface area (TPSA) is 24.9 Å². The van der Waals surface area contributed by atoms with Gasteiger partial charge in [0.05, 0.1) is 0 Å². The number of aromatic nitrogens is 1. The molecule has 1 aromatic heterocycles. The Bertz CT molecular complexity index is 556. The first kappa shape index (κ1) is 13.3. The summed E-state index contributed by atoms with van der Waals surface area (Å²) in [5.41, 5.74) is 4.09. The fourth-order valence-corrected chi connectivity index (χ4v) is 3.14. The van der Waals surface area contributed by atoms with E-state index in [2.05, 4.69) is 59.7 Å². The van der Waals surface area contributed by atoms with Gasteiger partial charge < -0.3 is 5.32 Å². The van der Waals surface area contributed by atoms with Gasteiger partial charge in [0.25, 0.3) is 0 Å². The fourth-order valence-electron chi connectivity index (χ4n) is 3.14. The van der Waals surface area contributed by atoms with Gasteiger partial charge in [-0.15, -0.1) is 0 Å². The molecule has 1 aromatic carbocycles. The molecule has 1 aliphatic rings. The summed E-state index contributed by atoms with van der Waals surface area (Å²) in [5.74, 6) is 0. The van der Waals surface area contributed by atoms with E-state index < -0.39 is 0 Å². The van der Waals surface area contributed by atoms with Gasteiger partial charge >= 0.3 is 0 Å². The molecule has 0 radical (unpaired) electrons. The second-order valence-corrected chi connectivity index (χ2v) is 5.75. The second-order valence-electron chi connectivity index (χ2n) is 5.75. The first-order valence-corrected chi connectivity index (χ1v) is 7.48. The third kappa shape index (κ3) is 2.36. The Hall–Kier alpha value is -1.67. The van der Waals surface area contributed by atoms with Crippen LogP contribution in [0.25, 0.3) is 0 Å². The van der Waals surface area contributed by atoms with Crippen LogP contribution in [0, 0.1) is 6.92 Å². The summed E-state index contributed by atoms with van der Waals surface area (Å²) in [6.45, 7) is 5.19. The standard InChI is InChI=1S/C18H22N2/c1-3-19-17(15-10-9-14(2)20-13-15)18(11-12-18)16-7-5-4-6-8-16/h4-10,13,17,19H,3,11-12H2,1-2H3. The van der Waals surface area contributed by atoms with Crippen LogP contribution < -0.4 is 5.32 Å². The molecule has 1 N–H and O–H groups in total. The zero-order valence-corrected chi connectivity index (χ0v) is 12.3. The van der Waals surface area contributed by atoms with Gasteiger partial charge in [0.2, 0.25) is 0 Å². The predicted octanol–water partition coefficient (Wildman–Crippen LogP) is 3.77. The molecule has 2 aromatic rings. The van der Waals surface area contributed by atoms with E-state index in [-0.39, 0.29) is 5.41 Å². The number of benzene rings is 1. The molecule has 3 rings (SSSR count). The summed E-state index contributed by atoms with van der Waals surface area (Å²) in [5, 5.41) is 3.68. The van der Waals surface area contributed by atoms with Crippen molar-refractivity contribution in [3.8, 4) is 0 Å². The molecule has 2 nitrogen and oxygen atoms in total. The van der Waals surface area contributed by atoms with Crippen molar-refractivity contribution < 1.29 is 0 Å². The van der Waals surface area contributed by atoms with E-state index in [1.807, 2.05) is 13.1 Å². The van der Waals surface area contributed by atoms with E-state index in [4.69, 9.17) is 0 Å². The van der Waals surface area contributed by atoms with Crippen molar-refractivity contribution in [3.63, 3.8) is 0 Å². The third-order valence-electron chi connectivity index (χ3n) is 4.37. The Balaban J connectivity index is 1.97. The van der Waals surface area contributed by atoms with Crippen LogP contribution in [0.1, 0.15) is 42.6 Å². The molecule has 0 saturated heterocycles. The van der Waals surface area contributed by atoms with E-state index in [9.17, 15) is 0 Å². The molecule has 0 aliphatic heterocycles. The molecule has 1 heterocycles. The number of hydrogen-bond acceptors (Lipinski definition) is 2. The molecule has 0 spiro atoms. The SMILES string of the molecule is CCNC(c1ccc(C)nc1)C1(c2ccccc2)CC1. The maximum atomic E-state index is 4.48. The van der Waals surface area contributed by atoms with Crippen LogP contribution in [0.2, 0.25) is 0 Å². The molecular formula is C18H22N2. The van der Waals surface area contributed by atoms with E-state index in [0.29, 0.717) is 6.04 Å². The van der Waals surface area contributed by atoms with E-state index in [1.165, 1.54) is 24.0 Å². The lowest BCUT2D eigenvalue weighted by molar-refractivity contribution is 0.438. The van der Waals surface area contributed by atoms with E-state index >= 15 is 0 Å². The summed E-state index contributed by atoms with van der Waals surface area (Å²) in [6, 6.07) is 15.6. The lowest BCUT2D eigenvalue weighted by Gasteiger charge is -2.28. The Morgan fingerprint density at radius 1 is 1.15 bits per heavy atom. The highest BCUT2D eigenvalue weighted by molar-refractivity contribution is 5.38. The number of rotatable bonds is 5. The van der Waals surface area contributed by atoms with Crippen LogP contribution in [0.5, 0.6) is 0 Å². The molecule has 1 aliphatic carbocycles. The van der Waals surface area contributed by atoms with Gasteiger partial charge in [0.15, 0.2) is 0 Å². The normalized spacial score (nSPS) is 17.7. The lowest BCUT2D eigenvalue weighted by Crippen LogP contribution is -2.32. The van der Waals surface area contributed by atoms with Crippen molar-refractivity contribution in [1.29, 1.82) is 0 Å². The smallest absolute Gasteiger partial charge is 0.0433 e. The highest BCUT2D eigenvalue weighted by atomic mass is 14.9. The summed E-state index contributed by atoms with van der Waals surface area (Å²) in [6.07, 6.45) is 4.54. The molecule has 0 amide bonds. The van der Waals surface area contributed by atoms with Gasteiger partial charge in [-0.3, -0.25) is 4.98 Å². The molecule has 104 valence electrons. The quantitative estimate of drug-likeness (QED) is 0.891. The fraction of sp³-hybridized carbons (Fsp3) is 0.389. The highest BCUT2D eigenvalue weighted by Gasteiger charge is 2.50. The molecular weight excluding hydrogens is 244 g/mol. The van der Waals surface area contributed by atoms with Crippen LogP contribution in [-0.2, 0) is 5.41 Å². The summed E-state index contributed by atoms with van der Waals surface area (Å²) >= 11 is 0. The van der Waals surface area contributed by atoms with Crippen molar-refractivity contribution in [3.05, 3.63) is 65.5 Å². The Kier molecular flexibility index (Phi) is 3.58. The highest BCUT2D eigenvalue weighted by Crippen LogP contribution is 2.56.